The summed E-state index contributed by atoms with van der Waals surface area (Å²) in [6.07, 6.45) is 5.10. The van der Waals surface area contributed by atoms with Crippen molar-refractivity contribution in [2.75, 3.05) is 23.3 Å². The van der Waals surface area contributed by atoms with Gasteiger partial charge in [0.05, 0.1) is 0 Å². The number of aromatic nitrogens is 4. The van der Waals surface area contributed by atoms with Gasteiger partial charge in [-0.15, -0.1) is 5.10 Å². The van der Waals surface area contributed by atoms with Crippen LogP contribution < -0.4 is 15.9 Å². The van der Waals surface area contributed by atoms with E-state index in [9.17, 15) is 14.0 Å². The zero-order valence-electron chi connectivity index (χ0n) is 15.6. The number of benzene rings is 1. The molecule has 3 heterocycles. The number of carbonyl (C=O) groups is 1. The van der Waals surface area contributed by atoms with Gasteiger partial charge in [0.15, 0.2) is 0 Å². The summed E-state index contributed by atoms with van der Waals surface area (Å²) in [5.74, 6) is 0.258. The van der Waals surface area contributed by atoms with E-state index in [1.54, 1.807) is 19.2 Å². The molecule has 1 amide bonds. The van der Waals surface area contributed by atoms with Crippen molar-refractivity contribution in [3.05, 3.63) is 52.3 Å². The number of amides is 1. The van der Waals surface area contributed by atoms with Gasteiger partial charge in [-0.05, 0) is 56.0 Å². The molecular formula is C19H21FN6O2. The van der Waals surface area contributed by atoms with Gasteiger partial charge < -0.3 is 10.2 Å². The highest BCUT2D eigenvalue weighted by atomic mass is 19.1. The molecule has 0 unspecified atom stereocenters. The molecule has 146 valence electrons. The van der Waals surface area contributed by atoms with Crippen LogP contribution in [0.25, 0.3) is 5.78 Å². The van der Waals surface area contributed by atoms with Gasteiger partial charge >= 0.3 is 5.69 Å². The highest BCUT2D eigenvalue weighted by Crippen LogP contribution is 2.17. The van der Waals surface area contributed by atoms with Gasteiger partial charge in [0.25, 0.3) is 5.78 Å². The second kappa shape index (κ2) is 7.41. The lowest BCUT2D eigenvalue weighted by molar-refractivity contribution is -0.117. The summed E-state index contributed by atoms with van der Waals surface area (Å²) in [4.78, 5) is 31.5. The normalized spacial score (nSPS) is 14.4. The van der Waals surface area contributed by atoms with Crippen LogP contribution in [-0.2, 0) is 11.3 Å². The van der Waals surface area contributed by atoms with E-state index >= 15 is 0 Å². The van der Waals surface area contributed by atoms with Crippen LogP contribution in [0.4, 0.5) is 15.9 Å². The molecule has 28 heavy (non-hydrogen) atoms. The summed E-state index contributed by atoms with van der Waals surface area (Å²) in [5, 5.41) is 6.87. The molecule has 1 aliphatic rings. The maximum absolute atomic E-state index is 13.2. The molecule has 0 bridgehead atoms. The van der Waals surface area contributed by atoms with Crippen molar-refractivity contribution >= 4 is 23.2 Å². The average Bonchev–Trinajstić information content (AvgIpc) is 2.99. The standard InChI is InChI=1S/C19H21FN6O2/c1-13-11-14(20)5-6-15(13)21-17(27)12-26-19(28)25-10-7-16(22-18(25)23-26)24-8-3-2-4-9-24/h5-7,10-11H,2-4,8-9,12H2,1H3,(H,21,27). The number of aryl methyl sites for hydroxylation is 1. The maximum Gasteiger partial charge on any atom is 0.352 e. The Morgan fingerprint density at radius 1 is 1.21 bits per heavy atom. The Bertz CT molecular complexity index is 1080. The van der Waals surface area contributed by atoms with Crippen LogP contribution in [0, 0.1) is 12.7 Å². The molecule has 0 saturated carbocycles. The van der Waals surface area contributed by atoms with Crippen LogP contribution in [0.5, 0.6) is 0 Å². The second-order valence-corrected chi connectivity index (χ2v) is 6.95. The van der Waals surface area contributed by atoms with Gasteiger partial charge in [0.2, 0.25) is 5.91 Å². The van der Waals surface area contributed by atoms with Gasteiger partial charge in [-0.3, -0.25) is 4.79 Å². The Balaban J connectivity index is 1.54. The minimum absolute atomic E-state index is 0.252. The minimum atomic E-state index is -0.432. The van der Waals surface area contributed by atoms with Crippen molar-refractivity contribution in [2.24, 2.45) is 0 Å². The third-order valence-corrected chi connectivity index (χ3v) is 4.88. The topological polar surface area (TPSA) is 84.5 Å². The number of hydrogen-bond donors (Lipinski definition) is 1. The molecule has 0 aliphatic carbocycles. The number of rotatable bonds is 4. The van der Waals surface area contributed by atoms with Crippen molar-refractivity contribution in [3.63, 3.8) is 0 Å². The van der Waals surface area contributed by atoms with Crippen LogP contribution in [0.1, 0.15) is 24.8 Å². The molecule has 1 saturated heterocycles. The Morgan fingerprint density at radius 3 is 2.75 bits per heavy atom. The molecule has 3 aromatic rings. The quantitative estimate of drug-likeness (QED) is 0.743. The first kappa shape index (κ1) is 18.1. The molecule has 8 nitrogen and oxygen atoms in total. The fraction of sp³-hybridized carbons (Fsp3) is 0.368. The Labute approximate surface area is 160 Å². The van der Waals surface area contributed by atoms with Gasteiger partial charge in [-0.25, -0.2) is 18.3 Å². The van der Waals surface area contributed by atoms with Crippen LogP contribution in [-0.4, -0.2) is 38.2 Å². The highest BCUT2D eigenvalue weighted by Gasteiger charge is 2.16. The summed E-state index contributed by atoms with van der Waals surface area (Å²) in [5.41, 5.74) is 0.663. The van der Waals surface area contributed by atoms with Crippen molar-refractivity contribution in [3.8, 4) is 0 Å². The van der Waals surface area contributed by atoms with Crippen LogP contribution in [0.3, 0.4) is 0 Å². The van der Waals surface area contributed by atoms with E-state index in [-0.39, 0.29) is 18.1 Å². The van der Waals surface area contributed by atoms with E-state index in [0.29, 0.717) is 11.3 Å². The fourth-order valence-corrected chi connectivity index (χ4v) is 3.39. The number of anilines is 2. The van der Waals surface area contributed by atoms with Crippen molar-refractivity contribution in [1.82, 2.24) is 19.2 Å². The number of hydrogen-bond acceptors (Lipinski definition) is 5. The van der Waals surface area contributed by atoms with E-state index in [4.69, 9.17) is 0 Å². The summed E-state index contributed by atoms with van der Waals surface area (Å²) in [6, 6.07) is 5.89. The molecule has 1 fully saturated rings. The SMILES string of the molecule is Cc1cc(F)ccc1NC(=O)Cn1nc2nc(N3CCCCC3)ccn2c1=O. The number of halogens is 1. The number of nitrogens with zero attached hydrogens (tertiary/aromatic N) is 5. The molecule has 2 aromatic heterocycles. The molecule has 0 radical (unpaired) electrons. The average molecular weight is 384 g/mol. The molecule has 9 heteroatoms. The van der Waals surface area contributed by atoms with Crippen molar-refractivity contribution in [2.45, 2.75) is 32.7 Å². The zero-order valence-corrected chi connectivity index (χ0v) is 15.6. The van der Waals surface area contributed by atoms with Gasteiger partial charge in [0.1, 0.15) is 18.2 Å². The molecule has 1 aliphatic heterocycles. The Kier molecular flexibility index (Phi) is 4.81. The molecule has 1 N–H and O–H groups in total. The second-order valence-electron chi connectivity index (χ2n) is 6.95. The lowest BCUT2D eigenvalue weighted by atomic mass is 10.1. The third kappa shape index (κ3) is 3.60. The smallest absolute Gasteiger partial charge is 0.352 e. The fourth-order valence-electron chi connectivity index (χ4n) is 3.39. The third-order valence-electron chi connectivity index (χ3n) is 4.88. The first-order chi connectivity index (χ1) is 13.5. The first-order valence-electron chi connectivity index (χ1n) is 9.28. The number of piperidine rings is 1. The van der Waals surface area contributed by atoms with E-state index in [0.717, 1.165) is 36.4 Å². The van der Waals surface area contributed by atoms with Crippen LogP contribution in [0.15, 0.2) is 35.3 Å². The van der Waals surface area contributed by atoms with Gasteiger partial charge in [-0.2, -0.15) is 4.98 Å². The number of fused-ring (bicyclic) bond motifs is 1. The van der Waals surface area contributed by atoms with E-state index in [1.807, 2.05) is 0 Å². The van der Waals surface area contributed by atoms with E-state index in [1.165, 1.54) is 29.0 Å². The van der Waals surface area contributed by atoms with Crippen LogP contribution >= 0.6 is 0 Å². The van der Waals surface area contributed by atoms with Crippen LogP contribution in [0.2, 0.25) is 0 Å². The van der Waals surface area contributed by atoms with Gasteiger partial charge in [0, 0.05) is 25.0 Å². The highest BCUT2D eigenvalue weighted by molar-refractivity contribution is 5.91. The summed E-state index contributed by atoms with van der Waals surface area (Å²) >= 11 is 0. The summed E-state index contributed by atoms with van der Waals surface area (Å²) in [6.45, 7) is 3.32. The van der Waals surface area contributed by atoms with Crippen molar-refractivity contribution < 1.29 is 9.18 Å². The molecule has 4 rings (SSSR count). The Hall–Kier alpha value is -3.23. The molecule has 0 spiro atoms. The lowest BCUT2D eigenvalue weighted by Gasteiger charge is -2.27. The predicted molar refractivity (Wildman–Crippen MR) is 103 cm³/mol. The lowest BCUT2D eigenvalue weighted by Crippen LogP contribution is -2.30. The maximum atomic E-state index is 13.2. The minimum Gasteiger partial charge on any atom is -0.356 e. The number of nitrogens with one attached hydrogen (secondary N) is 1. The largest absolute Gasteiger partial charge is 0.356 e. The van der Waals surface area contributed by atoms with E-state index < -0.39 is 11.6 Å². The first-order valence-corrected chi connectivity index (χ1v) is 9.28. The summed E-state index contributed by atoms with van der Waals surface area (Å²) < 4.78 is 15.6. The number of carbonyl (C=O) groups excluding carboxylic acids is 1. The molecule has 0 atom stereocenters. The Morgan fingerprint density at radius 2 is 2.00 bits per heavy atom. The van der Waals surface area contributed by atoms with E-state index in [2.05, 4.69) is 20.3 Å². The predicted octanol–water partition coefficient (Wildman–Crippen LogP) is 1.97. The summed E-state index contributed by atoms with van der Waals surface area (Å²) in [7, 11) is 0. The molecular weight excluding hydrogens is 363 g/mol. The molecule has 1 aromatic carbocycles. The van der Waals surface area contributed by atoms with Gasteiger partial charge in [-0.1, -0.05) is 0 Å². The monoisotopic (exact) mass is 384 g/mol. The van der Waals surface area contributed by atoms with Crippen molar-refractivity contribution in [1.29, 1.82) is 0 Å². The zero-order chi connectivity index (χ0) is 19.7.